The van der Waals surface area contributed by atoms with Crippen molar-refractivity contribution in [3.63, 3.8) is 0 Å². The lowest BCUT2D eigenvalue weighted by molar-refractivity contribution is 0.0935. The Kier molecular flexibility index (Phi) is 3.29. The van der Waals surface area contributed by atoms with Crippen LogP contribution in [0.15, 0.2) is 16.5 Å². The molecule has 1 unspecified atom stereocenters. The predicted molar refractivity (Wildman–Crippen MR) is 51.8 cm³/mol. The molecule has 2 nitrogen and oxygen atoms in total. The van der Waals surface area contributed by atoms with Gasteiger partial charge < -0.3 is 4.42 Å². The zero-order valence-corrected chi connectivity index (χ0v) is 8.46. The summed E-state index contributed by atoms with van der Waals surface area (Å²) in [6.45, 7) is 6.01. The summed E-state index contributed by atoms with van der Waals surface area (Å²) < 4.78 is 5.24. The Bertz CT molecular complexity index is 286. The fourth-order valence-corrected chi connectivity index (χ4v) is 1.15. The van der Waals surface area contributed by atoms with Crippen LogP contribution in [-0.2, 0) is 0 Å². The Morgan fingerprint density at radius 3 is 2.69 bits per heavy atom. The Labute approximate surface area is 78.9 Å². The van der Waals surface area contributed by atoms with E-state index in [0.717, 1.165) is 12.2 Å². The van der Waals surface area contributed by atoms with Gasteiger partial charge >= 0.3 is 0 Å². The molecule has 1 aromatic rings. The van der Waals surface area contributed by atoms with Crippen LogP contribution in [-0.4, -0.2) is 5.78 Å². The number of hydrogen-bond donors (Lipinski definition) is 0. The fourth-order valence-electron chi connectivity index (χ4n) is 1.15. The summed E-state index contributed by atoms with van der Waals surface area (Å²) in [5.74, 6) is 1.85. The molecule has 0 aliphatic heterocycles. The van der Waals surface area contributed by atoms with Crippen LogP contribution in [0.5, 0.6) is 0 Å². The molecule has 0 aliphatic carbocycles. The molecule has 0 saturated heterocycles. The molecule has 72 valence electrons. The van der Waals surface area contributed by atoms with E-state index in [0.29, 0.717) is 18.1 Å². The van der Waals surface area contributed by atoms with Crippen LogP contribution in [0.2, 0.25) is 0 Å². The molecule has 13 heavy (non-hydrogen) atoms. The Hall–Kier alpha value is -1.05. The molecule has 2 heteroatoms. The molecule has 1 heterocycles. The second-order valence-corrected chi connectivity index (χ2v) is 3.55. The van der Waals surface area contributed by atoms with Crippen LogP contribution in [0.1, 0.15) is 43.0 Å². The van der Waals surface area contributed by atoms with Gasteiger partial charge in [-0.05, 0) is 25.0 Å². The van der Waals surface area contributed by atoms with E-state index in [1.54, 1.807) is 6.07 Å². The van der Waals surface area contributed by atoms with E-state index in [2.05, 4.69) is 13.8 Å². The van der Waals surface area contributed by atoms with E-state index >= 15 is 0 Å². The van der Waals surface area contributed by atoms with Gasteiger partial charge in [0.1, 0.15) is 5.76 Å². The number of hydrogen-bond acceptors (Lipinski definition) is 2. The molecular formula is C11H16O2. The molecule has 0 saturated carbocycles. The molecule has 0 aromatic carbocycles. The van der Waals surface area contributed by atoms with Crippen molar-refractivity contribution in [2.24, 2.45) is 5.92 Å². The Morgan fingerprint density at radius 1 is 1.54 bits per heavy atom. The third-order valence-corrected chi connectivity index (χ3v) is 2.25. The van der Waals surface area contributed by atoms with E-state index in [1.807, 2.05) is 13.0 Å². The average molecular weight is 180 g/mol. The first-order valence-electron chi connectivity index (χ1n) is 4.73. The first kappa shape index (κ1) is 10.0. The summed E-state index contributed by atoms with van der Waals surface area (Å²) in [7, 11) is 0. The highest BCUT2D eigenvalue weighted by atomic mass is 16.3. The van der Waals surface area contributed by atoms with Gasteiger partial charge in [-0.25, -0.2) is 0 Å². The molecule has 0 aliphatic rings. The second kappa shape index (κ2) is 4.26. The summed E-state index contributed by atoms with van der Waals surface area (Å²) in [6, 6.07) is 3.57. The van der Waals surface area contributed by atoms with Crippen molar-refractivity contribution in [1.29, 1.82) is 0 Å². The van der Waals surface area contributed by atoms with Gasteiger partial charge in [-0.3, -0.25) is 4.79 Å². The Balaban J connectivity index is 2.58. The van der Waals surface area contributed by atoms with Crippen molar-refractivity contribution < 1.29 is 9.21 Å². The van der Waals surface area contributed by atoms with Crippen LogP contribution in [0, 0.1) is 12.8 Å². The van der Waals surface area contributed by atoms with Crippen molar-refractivity contribution in [2.75, 3.05) is 0 Å². The minimum atomic E-state index is 0.113. The molecule has 0 bridgehead atoms. The number of furan rings is 1. The van der Waals surface area contributed by atoms with Gasteiger partial charge in [-0.15, -0.1) is 0 Å². The molecule has 0 amide bonds. The van der Waals surface area contributed by atoms with Crippen LogP contribution in [0.3, 0.4) is 0 Å². The van der Waals surface area contributed by atoms with Crippen LogP contribution in [0.4, 0.5) is 0 Å². The zero-order valence-electron chi connectivity index (χ0n) is 8.46. The Morgan fingerprint density at radius 2 is 2.23 bits per heavy atom. The summed E-state index contributed by atoms with van der Waals surface area (Å²) in [5.41, 5.74) is 0. The number of aryl methyl sites for hydroxylation is 1. The minimum absolute atomic E-state index is 0.113. The lowest BCUT2D eigenvalue weighted by Gasteiger charge is -2.04. The third-order valence-electron chi connectivity index (χ3n) is 2.25. The summed E-state index contributed by atoms with van der Waals surface area (Å²) in [4.78, 5) is 11.5. The van der Waals surface area contributed by atoms with Crippen molar-refractivity contribution >= 4 is 5.78 Å². The van der Waals surface area contributed by atoms with Gasteiger partial charge in [0.15, 0.2) is 11.5 Å². The maximum absolute atomic E-state index is 11.5. The van der Waals surface area contributed by atoms with Crippen molar-refractivity contribution in [3.8, 4) is 0 Å². The SMILES string of the molecule is CCC(C)CC(=O)c1ccc(C)o1. The normalized spacial score (nSPS) is 12.8. The lowest BCUT2D eigenvalue weighted by Crippen LogP contribution is -2.03. The third kappa shape index (κ3) is 2.72. The number of carbonyl (C=O) groups excluding carboxylic acids is 1. The van der Waals surface area contributed by atoms with Crippen molar-refractivity contribution in [3.05, 3.63) is 23.7 Å². The van der Waals surface area contributed by atoms with Gasteiger partial charge in [-0.1, -0.05) is 20.3 Å². The van der Waals surface area contributed by atoms with Crippen LogP contribution < -0.4 is 0 Å². The van der Waals surface area contributed by atoms with Gasteiger partial charge in [0, 0.05) is 6.42 Å². The van der Waals surface area contributed by atoms with E-state index < -0.39 is 0 Å². The smallest absolute Gasteiger partial charge is 0.198 e. The topological polar surface area (TPSA) is 30.2 Å². The largest absolute Gasteiger partial charge is 0.458 e. The summed E-state index contributed by atoms with van der Waals surface area (Å²) in [5, 5.41) is 0. The number of Topliss-reactive ketones (excluding diaryl/α,β-unsaturated/α-hetero) is 1. The molecule has 0 spiro atoms. The molecule has 0 fully saturated rings. The van der Waals surface area contributed by atoms with Crippen LogP contribution in [0.25, 0.3) is 0 Å². The van der Waals surface area contributed by atoms with Gasteiger partial charge in [0.2, 0.25) is 0 Å². The number of carbonyl (C=O) groups is 1. The predicted octanol–water partition coefficient (Wildman–Crippen LogP) is 3.21. The van der Waals surface area contributed by atoms with Gasteiger partial charge in [0.25, 0.3) is 0 Å². The molecule has 0 radical (unpaired) electrons. The summed E-state index contributed by atoms with van der Waals surface area (Å²) in [6.07, 6.45) is 1.62. The zero-order chi connectivity index (χ0) is 9.84. The van der Waals surface area contributed by atoms with Gasteiger partial charge in [-0.2, -0.15) is 0 Å². The van der Waals surface area contributed by atoms with E-state index in [4.69, 9.17) is 4.42 Å². The average Bonchev–Trinajstić information content (AvgIpc) is 2.51. The monoisotopic (exact) mass is 180 g/mol. The lowest BCUT2D eigenvalue weighted by atomic mass is 10.0. The summed E-state index contributed by atoms with van der Waals surface area (Å²) >= 11 is 0. The highest BCUT2D eigenvalue weighted by Gasteiger charge is 2.12. The number of ketones is 1. The molecule has 1 rings (SSSR count). The molecule has 1 aromatic heterocycles. The van der Waals surface area contributed by atoms with E-state index in [9.17, 15) is 4.79 Å². The highest BCUT2D eigenvalue weighted by Crippen LogP contribution is 2.14. The quantitative estimate of drug-likeness (QED) is 0.666. The van der Waals surface area contributed by atoms with Crippen molar-refractivity contribution in [1.82, 2.24) is 0 Å². The first-order chi connectivity index (χ1) is 6.13. The standard InChI is InChI=1S/C11H16O2/c1-4-8(2)7-10(12)11-6-5-9(3)13-11/h5-6,8H,4,7H2,1-3H3. The maximum Gasteiger partial charge on any atom is 0.198 e. The number of rotatable bonds is 4. The highest BCUT2D eigenvalue weighted by molar-refractivity contribution is 5.93. The van der Waals surface area contributed by atoms with Crippen LogP contribution >= 0.6 is 0 Å². The molecule has 0 N–H and O–H groups in total. The van der Waals surface area contributed by atoms with Crippen molar-refractivity contribution in [2.45, 2.75) is 33.6 Å². The van der Waals surface area contributed by atoms with E-state index in [1.165, 1.54) is 0 Å². The molecule has 1 atom stereocenters. The van der Waals surface area contributed by atoms with E-state index in [-0.39, 0.29) is 5.78 Å². The fraction of sp³-hybridized carbons (Fsp3) is 0.545. The van der Waals surface area contributed by atoms with Gasteiger partial charge in [0.05, 0.1) is 0 Å². The maximum atomic E-state index is 11.5. The first-order valence-corrected chi connectivity index (χ1v) is 4.73. The molecular weight excluding hydrogens is 164 g/mol. The second-order valence-electron chi connectivity index (χ2n) is 3.55. The minimum Gasteiger partial charge on any atom is -0.458 e.